The predicted octanol–water partition coefficient (Wildman–Crippen LogP) is 3.96. The first-order valence-corrected chi connectivity index (χ1v) is 11.1. The summed E-state index contributed by atoms with van der Waals surface area (Å²) in [6.07, 6.45) is -0.957. The zero-order valence-corrected chi connectivity index (χ0v) is 18.7. The van der Waals surface area contributed by atoms with Crippen LogP contribution in [-0.4, -0.2) is 67.3 Å². The van der Waals surface area contributed by atoms with E-state index in [0.717, 1.165) is 16.2 Å². The molecule has 0 radical (unpaired) electrons. The molecule has 0 aliphatic carbocycles. The van der Waals surface area contributed by atoms with E-state index in [1.807, 2.05) is 42.5 Å². The lowest BCUT2D eigenvalue weighted by Crippen LogP contribution is -2.36. The highest BCUT2D eigenvalue weighted by molar-refractivity contribution is 7.99. The fraction of sp³-hybridized carbons (Fsp3) is 0.391. The highest BCUT2D eigenvalue weighted by Crippen LogP contribution is 2.17. The van der Waals surface area contributed by atoms with E-state index in [4.69, 9.17) is 14.2 Å². The number of methoxy groups -OCH3 is 1. The number of benzene rings is 2. The molecular weight excluding hydrogens is 418 g/mol. The molecule has 1 N–H and O–H groups in total. The van der Waals surface area contributed by atoms with E-state index in [9.17, 15) is 14.7 Å². The molecule has 1 unspecified atom stereocenters. The van der Waals surface area contributed by atoms with Crippen LogP contribution in [0.1, 0.15) is 12.5 Å². The second-order valence-corrected chi connectivity index (χ2v) is 7.77. The molecule has 0 bridgehead atoms. The van der Waals surface area contributed by atoms with E-state index in [1.165, 1.54) is 7.11 Å². The van der Waals surface area contributed by atoms with Crippen LogP contribution in [0.5, 0.6) is 5.75 Å². The number of hydrogen-bond acceptors (Lipinski definition) is 6. The Morgan fingerprint density at radius 1 is 1.06 bits per heavy atom. The molecule has 1 amide bonds. The van der Waals surface area contributed by atoms with Gasteiger partial charge in [-0.25, -0.2) is 9.59 Å². The summed E-state index contributed by atoms with van der Waals surface area (Å²) in [5.74, 6) is 0.421. The average molecular weight is 448 g/mol. The average Bonchev–Trinajstić information content (AvgIpc) is 2.79. The molecule has 0 aromatic heterocycles. The SMILES string of the molecule is CCOC(Cc1ccc(OCCN(CCSc2ccccc2)C(=O)OC)cc1)C(=O)O. The Kier molecular flexibility index (Phi) is 10.7. The second kappa shape index (κ2) is 13.6. The number of rotatable bonds is 13. The van der Waals surface area contributed by atoms with Crippen LogP contribution in [0, 0.1) is 0 Å². The molecular formula is C23H29NO6S. The molecule has 0 spiro atoms. The van der Waals surface area contributed by atoms with E-state index in [2.05, 4.69) is 0 Å². The van der Waals surface area contributed by atoms with Crippen molar-refractivity contribution in [3.63, 3.8) is 0 Å². The maximum absolute atomic E-state index is 12.0. The lowest BCUT2D eigenvalue weighted by atomic mass is 10.1. The number of carbonyl (C=O) groups is 2. The number of carboxylic acid groups (broad SMARTS) is 1. The normalized spacial score (nSPS) is 11.5. The van der Waals surface area contributed by atoms with Crippen molar-refractivity contribution in [3.05, 3.63) is 60.2 Å². The number of hydrogen-bond donors (Lipinski definition) is 1. The monoisotopic (exact) mass is 447 g/mol. The van der Waals surface area contributed by atoms with Crippen molar-refractivity contribution in [2.75, 3.05) is 39.2 Å². The lowest BCUT2D eigenvalue weighted by Gasteiger charge is -2.21. The maximum atomic E-state index is 12.0. The van der Waals surface area contributed by atoms with Gasteiger partial charge in [-0.3, -0.25) is 0 Å². The van der Waals surface area contributed by atoms with Gasteiger partial charge in [0.05, 0.1) is 13.7 Å². The van der Waals surface area contributed by atoms with E-state index in [0.29, 0.717) is 38.5 Å². The van der Waals surface area contributed by atoms with E-state index >= 15 is 0 Å². The highest BCUT2D eigenvalue weighted by Gasteiger charge is 2.18. The summed E-state index contributed by atoms with van der Waals surface area (Å²) in [5, 5.41) is 9.19. The fourth-order valence-electron chi connectivity index (χ4n) is 2.84. The Balaban J connectivity index is 1.80. The van der Waals surface area contributed by atoms with Crippen molar-refractivity contribution >= 4 is 23.8 Å². The van der Waals surface area contributed by atoms with Crippen molar-refractivity contribution in [2.45, 2.75) is 24.3 Å². The summed E-state index contributed by atoms with van der Waals surface area (Å²) in [6, 6.07) is 17.2. The van der Waals surface area contributed by atoms with E-state index in [1.54, 1.807) is 35.7 Å². The minimum absolute atomic E-state index is 0.290. The zero-order chi connectivity index (χ0) is 22.5. The van der Waals surface area contributed by atoms with Gasteiger partial charge in [0.1, 0.15) is 12.4 Å². The molecule has 0 aliphatic rings. The third-order valence-electron chi connectivity index (χ3n) is 4.42. The van der Waals surface area contributed by atoms with E-state index in [-0.39, 0.29) is 6.09 Å². The van der Waals surface area contributed by atoms with Gasteiger partial charge in [-0.05, 0) is 36.8 Å². The van der Waals surface area contributed by atoms with Gasteiger partial charge in [-0.1, -0.05) is 30.3 Å². The van der Waals surface area contributed by atoms with Gasteiger partial charge in [0.15, 0.2) is 6.10 Å². The first kappa shape index (κ1) is 24.6. The topological polar surface area (TPSA) is 85.3 Å². The third kappa shape index (κ3) is 8.90. The van der Waals surface area contributed by atoms with Crippen LogP contribution >= 0.6 is 11.8 Å². The number of carbonyl (C=O) groups excluding carboxylic acids is 1. The van der Waals surface area contributed by atoms with Crippen molar-refractivity contribution in [1.29, 1.82) is 0 Å². The Bertz CT molecular complexity index is 799. The molecule has 8 heteroatoms. The predicted molar refractivity (Wildman–Crippen MR) is 120 cm³/mol. The number of nitrogens with zero attached hydrogens (tertiary/aromatic N) is 1. The molecule has 7 nitrogen and oxygen atoms in total. The molecule has 2 rings (SSSR count). The summed E-state index contributed by atoms with van der Waals surface area (Å²) in [6.45, 7) is 3.38. The molecule has 0 saturated heterocycles. The van der Waals surface area contributed by atoms with Crippen LogP contribution in [0.15, 0.2) is 59.5 Å². The number of thioether (sulfide) groups is 1. The molecule has 2 aromatic rings. The van der Waals surface area contributed by atoms with Crippen LogP contribution in [0.2, 0.25) is 0 Å². The summed E-state index contributed by atoms with van der Waals surface area (Å²) < 4.78 is 15.9. The zero-order valence-electron chi connectivity index (χ0n) is 17.9. The Morgan fingerprint density at radius 2 is 1.77 bits per heavy atom. The lowest BCUT2D eigenvalue weighted by molar-refractivity contribution is -0.149. The van der Waals surface area contributed by atoms with Gasteiger partial charge in [0.2, 0.25) is 0 Å². The number of ether oxygens (including phenoxy) is 3. The molecule has 0 saturated carbocycles. The van der Waals surface area contributed by atoms with Crippen molar-refractivity contribution in [2.24, 2.45) is 0 Å². The molecule has 1 atom stereocenters. The minimum atomic E-state index is -0.976. The van der Waals surface area contributed by atoms with Crippen molar-refractivity contribution < 1.29 is 28.9 Å². The number of carboxylic acids is 1. The van der Waals surface area contributed by atoms with Crippen molar-refractivity contribution in [1.82, 2.24) is 4.90 Å². The summed E-state index contributed by atoms with van der Waals surface area (Å²) in [5.41, 5.74) is 0.849. The van der Waals surface area contributed by atoms with Gasteiger partial charge >= 0.3 is 12.1 Å². The van der Waals surface area contributed by atoms with Gasteiger partial charge in [0, 0.05) is 30.2 Å². The third-order valence-corrected chi connectivity index (χ3v) is 5.42. The van der Waals surface area contributed by atoms with Gasteiger partial charge < -0.3 is 24.2 Å². The van der Waals surface area contributed by atoms with Crippen LogP contribution in [-0.2, 0) is 20.7 Å². The first-order valence-electron chi connectivity index (χ1n) is 10.1. The highest BCUT2D eigenvalue weighted by atomic mass is 32.2. The number of aliphatic carboxylic acids is 1. The maximum Gasteiger partial charge on any atom is 0.409 e. The molecule has 0 fully saturated rings. The second-order valence-electron chi connectivity index (χ2n) is 6.60. The van der Waals surface area contributed by atoms with Gasteiger partial charge in [-0.15, -0.1) is 11.8 Å². The Labute approximate surface area is 187 Å². The Hall–Kier alpha value is -2.71. The first-order chi connectivity index (χ1) is 15.0. The Morgan fingerprint density at radius 3 is 2.39 bits per heavy atom. The standard InChI is InChI=1S/C23H29NO6S/c1-3-29-21(22(25)26)17-18-9-11-19(12-10-18)30-15-13-24(23(27)28-2)14-16-31-20-7-5-4-6-8-20/h4-12,21H,3,13-17H2,1-2H3,(H,25,26). The van der Waals surface area contributed by atoms with Gasteiger partial charge in [0.25, 0.3) is 0 Å². The van der Waals surface area contributed by atoms with Crippen LogP contribution in [0.3, 0.4) is 0 Å². The van der Waals surface area contributed by atoms with E-state index < -0.39 is 12.1 Å². The smallest absolute Gasteiger partial charge is 0.409 e. The molecule has 31 heavy (non-hydrogen) atoms. The quantitative estimate of drug-likeness (QED) is 0.465. The minimum Gasteiger partial charge on any atom is -0.492 e. The molecule has 2 aromatic carbocycles. The van der Waals surface area contributed by atoms with Crippen LogP contribution in [0.25, 0.3) is 0 Å². The number of amides is 1. The largest absolute Gasteiger partial charge is 0.492 e. The molecule has 0 heterocycles. The van der Waals surface area contributed by atoms with Gasteiger partial charge in [-0.2, -0.15) is 0 Å². The summed E-state index contributed by atoms with van der Waals surface area (Å²) in [4.78, 5) is 26.0. The van der Waals surface area contributed by atoms with Crippen molar-refractivity contribution in [3.8, 4) is 5.75 Å². The summed E-state index contributed by atoms with van der Waals surface area (Å²) >= 11 is 1.68. The molecule has 0 aliphatic heterocycles. The molecule has 168 valence electrons. The fourth-order valence-corrected chi connectivity index (χ4v) is 3.74. The van der Waals surface area contributed by atoms with Crippen LogP contribution in [0.4, 0.5) is 4.79 Å². The summed E-state index contributed by atoms with van der Waals surface area (Å²) in [7, 11) is 1.37. The van der Waals surface area contributed by atoms with Crippen LogP contribution < -0.4 is 4.74 Å².